The Labute approximate surface area is 82.5 Å². The molecule has 1 atom stereocenters. The third-order valence-corrected chi connectivity index (χ3v) is 2.02. The number of aliphatic hydroxyl groups is 1. The Bertz CT molecular complexity index is 268. The topological polar surface area (TPSA) is 58.3 Å². The molecular weight excluding hydrogens is 188 g/mol. The monoisotopic (exact) mass is 200 g/mol. The van der Waals surface area contributed by atoms with E-state index in [4.69, 9.17) is 17.3 Å². The second-order valence-electron chi connectivity index (χ2n) is 2.78. The first-order chi connectivity index (χ1) is 6.24. The van der Waals surface area contributed by atoms with Crippen LogP contribution in [-0.4, -0.2) is 23.6 Å². The highest BCUT2D eigenvalue weighted by Crippen LogP contribution is 2.16. The van der Waals surface area contributed by atoms with Gasteiger partial charge in [0.1, 0.15) is 0 Å². The second kappa shape index (κ2) is 4.94. The lowest BCUT2D eigenvalue weighted by atomic mass is 10.2. The molecule has 13 heavy (non-hydrogen) atoms. The quantitative estimate of drug-likeness (QED) is 0.507. The van der Waals surface area contributed by atoms with E-state index in [-0.39, 0.29) is 5.88 Å². The lowest BCUT2D eigenvalue weighted by Crippen LogP contribution is -2.21. The highest BCUT2D eigenvalue weighted by molar-refractivity contribution is 6.18. The number of nitrogens with two attached hydrogens (primary N) is 1. The Hall–Kier alpha value is -0.930. The third-order valence-electron chi connectivity index (χ3n) is 1.67. The smallest absolute Gasteiger partial charge is 0.0847 e. The van der Waals surface area contributed by atoms with Gasteiger partial charge in [-0.3, -0.25) is 0 Å². The zero-order chi connectivity index (χ0) is 9.68. The molecule has 0 radical (unpaired) electrons. The number of hydrogen-bond donors (Lipinski definition) is 3. The van der Waals surface area contributed by atoms with Crippen molar-refractivity contribution in [3.05, 3.63) is 24.3 Å². The van der Waals surface area contributed by atoms with Gasteiger partial charge >= 0.3 is 0 Å². The Kier molecular flexibility index (Phi) is 3.86. The van der Waals surface area contributed by atoms with Gasteiger partial charge < -0.3 is 16.2 Å². The van der Waals surface area contributed by atoms with Crippen LogP contribution in [0.2, 0.25) is 0 Å². The number of nitrogen functional groups attached to an aromatic ring is 1. The van der Waals surface area contributed by atoms with Crippen molar-refractivity contribution in [1.82, 2.24) is 0 Å². The third kappa shape index (κ3) is 3.13. The molecule has 1 unspecified atom stereocenters. The van der Waals surface area contributed by atoms with Gasteiger partial charge in [-0.25, -0.2) is 0 Å². The fraction of sp³-hybridized carbons (Fsp3) is 0.333. The molecule has 0 heterocycles. The van der Waals surface area contributed by atoms with Gasteiger partial charge in [0.25, 0.3) is 0 Å². The molecule has 0 saturated heterocycles. The van der Waals surface area contributed by atoms with Crippen LogP contribution in [0, 0.1) is 0 Å². The Morgan fingerprint density at radius 1 is 1.46 bits per heavy atom. The van der Waals surface area contributed by atoms with Crippen molar-refractivity contribution in [2.75, 3.05) is 23.5 Å². The molecule has 1 aromatic carbocycles. The largest absolute Gasteiger partial charge is 0.397 e. The van der Waals surface area contributed by atoms with E-state index in [2.05, 4.69) is 5.32 Å². The first-order valence-electron chi connectivity index (χ1n) is 4.06. The minimum atomic E-state index is -0.540. The van der Waals surface area contributed by atoms with Crippen molar-refractivity contribution >= 4 is 23.0 Å². The number of rotatable bonds is 4. The van der Waals surface area contributed by atoms with E-state index in [1.54, 1.807) is 6.07 Å². The summed E-state index contributed by atoms with van der Waals surface area (Å²) in [5, 5.41) is 12.2. The van der Waals surface area contributed by atoms with E-state index >= 15 is 0 Å². The molecule has 0 aliphatic carbocycles. The summed E-state index contributed by atoms with van der Waals surface area (Å²) in [6, 6.07) is 7.40. The molecule has 0 spiro atoms. The number of aliphatic hydroxyl groups excluding tert-OH is 1. The molecule has 72 valence electrons. The first kappa shape index (κ1) is 10.2. The van der Waals surface area contributed by atoms with Crippen LogP contribution < -0.4 is 11.1 Å². The average Bonchev–Trinajstić information content (AvgIpc) is 2.16. The van der Waals surface area contributed by atoms with Crippen molar-refractivity contribution < 1.29 is 5.11 Å². The molecule has 0 bridgehead atoms. The summed E-state index contributed by atoms with van der Waals surface area (Å²) in [4.78, 5) is 0. The van der Waals surface area contributed by atoms with Gasteiger partial charge in [0.05, 0.1) is 23.4 Å². The SMILES string of the molecule is Nc1ccccc1NCC(O)CCl. The summed E-state index contributed by atoms with van der Waals surface area (Å²) in [5.41, 5.74) is 7.17. The number of benzene rings is 1. The van der Waals surface area contributed by atoms with Crippen molar-refractivity contribution in [1.29, 1.82) is 0 Å². The standard InChI is InChI=1S/C9H13ClN2O/c10-5-7(13)6-12-9-4-2-1-3-8(9)11/h1-4,7,12-13H,5-6,11H2. The highest BCUT2D eigenvalue weighted by Gasteiger charge is 2.02. The van der Waals surface area contributed by atoms with E-state index in [9.17, 15) is 5.11 Å². The van der Waals surface area contributed by atoms with Crippen molar-refractivity contribution in [3.8, 4) is 0 Å². The summed E-state index contributed by atoms with van der Waals surface area (Å²) in [6.07, 6.45) is -0.540. The summed E-state index contributed by atoms with van der Waals surface area (Å²) in [7, 11) is 0. The number of halogens is 1. The molecule has 1 rings (SSSR count). The molecule has 0 aliphatic rings. The Morgan fingerprint density at radius 2 is 2.15 bits per heavy atom. The van der Waals surface area contributed by atoms with Crippen LogP contribution in [0.4, 0.5) is 11.4 Å². The van der Waals surface area contributed by atoms with E-state index in [1.165, 1.54) is 0 Å². The van der Waals surface area contributed by atoms with Gasteiger partial charge in [-0.1, -0.05) is 12.1 Å². The van der Waals surface area contributed by atoms with Crippen molar-refractivity contribution in [2.45, 2.75) is 6.10 Å². The molecular formula is C9H13ClN2O. The summed E-state index contributed by atoms with van der Waals surface area (Å²) < 4.78 is 0. The zero-order valence-electron chi connectivity index (χ0n) is 7.20. The van der Waals surface area contributed by atoms with Gasteiger partial charge in [-0.05, 0) is 12.1 Å². The molecule has 0 saturated carbocycles. The maximum absolute atomic E-state index is 9.17. The fourth-order valence-corrected chi connectivity index (χ4v) is 1.05. The van der Waals surface area contributed by atoms with Crippen molar-refractivity contribution in [3.63, 3.8) is 0 Å². The van der Waals surface area contributed by atoms with Gasteiger partial charge in [0.2, 0.25) is 0 Å². The van der Waals surface area contributed by atoms with E-state index in [0.717, 1.165) is 5.69 Å². The Balaban J connectivity index is 2.50. The predicted molar refractivity (Wildman–Crippen MR) is 56.1 cm³/mol. The molecule has 0 aromatic heterocycles. The molecule has 0 aliphatic heterocycles. The fourth-order valence-electron chi connectivity index (χ4n) is 0.940. The molecule has 1 aromatic rings. The van der Waals surface area contributed by atoms with Crippen LogP contribution in [0.25, 0.3) is 0 Å². The first-order valence-corrected chi connectivity index (χ1v) is 4.60. The minimum Gasteiger partial charge on any atom is -0.397 e. The number of hydrogen-bond acceptors (Lipinski definition) is 3. The number of para-hydroxylation sites is 2. The molecule has 3 nitrogen and oxygen atoms in total. The van der Waals surface area contributed by atoms with Crippen LogP contribution in [0.5, 0.6) is 0 Å². The van der Waals surface area contributed by atoms with Crippen LogP contribution in [-0.2, 0) is 0 Å². The normalized spacial score (nSPS) is 12.5. The van der Waals surface area contributed by atoms with Crippen LogP contribution in [0.15, 0.2) is 24.3 Å². The van der Waals surface area contributed by atoms with Gasteiger partial charge in [0, 0.05) is 6.54 Å². The van der Waals surface area contributed by atoms with Gasteiger partial charge in [-0.2, -0.15) is 0 Å². The van der Waals surface area contributed by atoms with Crippen LogP contribution >= 0.6 is 11.6 Å². The molecule has 0 amide bonds. The maximum Gasteiger partial charge on any atom is 0.0847 e. The molecule has 0 fully saturated rings. The van der Waals surface area contributed by atoms with Gasteiger partial charge in [-0.15, -0.1) is 11.6 Å². The second-order valence-corrected chi connectivity index (χ2v) is 3.08. The van der Waals surface area contributed by atoms with Gasteiger partial charge in [0.15, 0.2) is 0 Å². The van der Waals surface area contributed by atoms with E-state index in [0.29, 0.717) is 12.2 Å². The summed E-state index contributed by atoms with van der Waals surface area (Å²) in [5.74, 6) is 0.222. The maximum atomic E-state index is 9.17. The molecule has 4 N–H and O–H groups in total. The van der Waals surface area contributed by atoms with E-state index in [1.807, 2.05) is 18.2 Å². The lowest BCUT2D eigenvalue weighted by molar-refractivity contribution is 0.211. The number of anilines is 2. The highest BCUT2D eigenvalue weighted by atomic mass is 35.5. The Morgan fingerprint density at radius 3 is 2.77 bits per heavy atom. The lowest BCUT2D eigenvalue weighted by Gasteiger charge is -2.11. The summed E-state index contributed by atoms with van der Waals surface area (Å²) in [6.45, 7) is 0.414. The number of nitrogens with one attached hydrogen (secondary N) is 1. The molecule has 4 heteroatoms. The van der Waals surface area contributed by atoms with Crippen molar-refractivity contribution in [2.24, 2.45) is 0 Å². The van der Waals surface area contributed by atoms with Crippen LogP contribution in [0.3, 0.4) is 0 Å². The minimum absolute atomic E-state index is 0.222. The predicted octanol–water partition coefficient (Wildman–Crippen LogP) is 1.28. The average molecular weight is 201 g/mol. The van der Waals surface area contributed by atoms with Crippen LogP contribution in [0.1, 0.15) is 0 Å². The zero-order valence-corrected chi connectivity index (χ0v) is 7.96. The number of alkyl halides is 1. The van der Waals surface area contributed by atoms with E-state index < -0.39 is 6.10 Å². The summed E-state index contributed by atoms with van der Waals surface area (Å²) >= 11 is 5.44.